The number of nitrogens with zero attached hydrogens (tertiary/aromatic N) is 1. The second-order valence-corrected chi connectivity index (χ2v) is 20.0. The number of hydrogen-bond acceptors (Lipinski definition) is 2. The molecule has 5 rings (SSSR count). The molecule has 2 radical (unpaired) electrons. The van der Waals surface area contributed by atoms with Gasteiger partial charge in [0.25, 0.3) is 5.69 Å². The SMILES string of the molecule is CC#Cc1ccc([N+](=O)[O-])cc1.C[As](c1ccccc1)c1ccccc1.C[As](c1ccccc1)c1ccccc1.FP(F)F.FP(F)F.FP(F)F.FP(F)F.[Rh].[Rh]. The van der Waals surface area contributed by atoms with Gasteiger partial charge in [0, 0.05) is 56.7 Å². The maximum absolute atomic E-state index is 10.2. The summed E-state index contributed by atoms with van der Waals surface area (Å²) in [5.41, 5.74) is 5.66. The molecule has 5 aromatic carbocycles. The fourth-order valence-electron chi connectivity index (χ4n) is 3.72. The second kappa shape index (κ2) is 40.7. The van der Waals surface area contributed by atoms with Crippen LogP contribution in [0.1, 0.15) is 12.5 Å². The minimum absolute atomic E-state index is 0. The van der Waals surface area contributed by atoms with E-state index in [0.29, 0.717) is 0 Å². The Morgan fingerprint density at radius 1 is 0.448 bits per heavy atom. The molecular weight excluding hydrogens is 1170 g/mol. The Kier molecular flexibility index (Phi) is 44.2. The van der Waals surface area contributed by atoms with E-state index in [0.717, 1.165) is 5.56 Å². The van der Waals surface area contributed by atoms with E-state index in [1.54, 1.807) is 19.1 Å². The van der Waals surface area contributed by atoms with E-state index in [1.807, 2.05) is 0 Å². The maximum Gasteiger partial charge on any atom is 0.456 e. The summed E-state index contributed by atoms with van der Waals surface area (Å²) < 4.78 is 123. The molecule has 3 nitrogen and oxygen atoms in total. The number of non-ortho nitro benzene ring substituents is 1. The molecule has 0 fully saturated rings. The predicted molar refractivity (Wildman–Crippen MR) is 214 cm³/mol. The first kappa shape index (κ1) is 62.9. The van der Waals surface area contributed by atoms with E-state index in [-0.39, 0.29) is 44.6 Å². The molecule has 0 aromatic heterocycles. The first-order chi connectivity index (χ1) is 26.4. The largest absolute Gasteiger partial charge is 0.456 e. The number of nitro groups is 1. The maximum atomic E-state index is 10.2. The van der Waals surface area contributed by atoms with Crippen LogP contribution in [0.4, 0.5) is 56.1 Å². The summed E-state index contributed by atoms with van der Waals surface area (Å²) in [5, 5.41) is 10.2. The van der Waals surface area contributed by atoms with E-state index < -0.39 is 69.6 Å². The van der Waals surface area contributed by atoms with Crippen LogP contribution >= 0.6 is 35.4 Å². The van der Waals surface area contributed by atoms with Crippen molar-refractivity contribution in [3.8, 4) is 11.8 Å². The molecule has 0 unspecified atom stereocenters. The zero-order valence-electron chi connectivity index (χ0n) is 30.0. The molecule has 0 bridgehead atoms. The van der Waals surface area contributed by atoms with Gasteiger partial charge in [0.05, 0.1) is 4.92 Å². The Bertz CT molecular complexity index is 1560. The van der Waals surface area contributed by atoms with Crippen molar-refractivity contribution >= 4 is 87.8 Å². The van der Waals surface area contributed by atoms with Gasteiger partial charge >= 0.3 is 215 Å². The van der Waals surface area contributed by atoms with Crippen molar-refractivity contribution in [2.75, 3.05) is 0 Å². The van der Waals surface area contributed by atoms with Gasteiger partial charge in [0.15, 0.2) is 0 Å². The first-order valence-electron chi connectivity index (χ1n) is 14.9. The molecule has 0 aliphatic rings. The summed E-state index contributed by atoms with van der Waals surface area (Å²) >= 11 is -1.98. The molecule has 0 aliphatic carbocycles. The molecule has 0 amide bonds. The van der Waals surface area contributed by atoms with E-state index in [2.05, 4.69) is 145 Å². The Labute approximate surface area is 370 Å². The van der Waals surface area contributed by atoms with Gasteiger partial charge < -0.3 is 0 Å². The predicted octanol–water partition coefficient (Wildman–Crippen LogP) is 14.3. The molecule has 0 heterocycles. The Hall–Kier alpha value is -1.70. The third kappa shape index (κ3) is 38.5. The average molecular weight is 1210 g/mol. The van der Waals surface area contributed by atoms with E-state index >= 15 is 0 Å². The third-order valence-corrected chi connectivity index (χ3v) is 14.9. The summed E-state index contributed by atoms with van der Waals surface area (Å²) in [5.74, 6) is 5.51. The van der Waals surface area contributed by atoms with Gasteiger partial charge in [-0.25, -0.2) is 0 Å². The minimum atomic E-state index is -4.12. The summed E-state index contributed by atoms with van der Waals surface area (Å²) in [6.07, 6.45) is 0. The van der Waals surface area contributed by atoms with Crippen LogP contribution in [0.5, 0.6) is 0 Å². The van der Waals surface area contributed by atoms with Crippen molar-refractivity contribution in [2.24, 2.45) is 0 Å². The van der Waals surface area contributed by atoms with E-state index in [4.69, 9.17) is 0 Å². The monoisotopic (exact) mass is 1210 g/mol. The molecular formula is C35H33As2F12NO2P4Rh2. The number of hydrogen-bond donors (Lipinski definition) is 0. The molecule has 0 N–H and O–H groups in total. The third-order valence-electron chi connectivity index (χ3n) is 5.92. The molecule has 58 heavy (non-hydrogen) atoms. The average Bonchev–Trinajstić information content (AvgIpc) is 3.16. The van der Waals surface area contributed by atoms with Gasteiger partial charge in [-0.05, 0) is 19.1 Å². The summed E-state index contributed by atoms with van der Waals surface area (Å²) in [7, 11) is -16.5. The van der Waals surface area contributed by atoms with Crippen LogP contribution in [0.25, 0.3) is 0 Å². The van der Waals surface area contributed by atoms with Crippen molar-refractivity contribution in [2.45, 2.75) is 18.3 Å². The van der Waals surface area contributed by atoms with Crippen LogP contribution < -0.4 is 17.4 Å². The van der Waals surface area contributed by atoms with Crippen LogP contribution in [0, 0.1) is 22.0 Å². The van der Waals surface area contributed by atoms with Gasteiger partial charge in [0.2, 0.25) is 0 Å². The summed E-state index contributed by atoms with van der Waals surface area (Å²) in [6.45, 7) is 1.72. The number of rotatable bonds is 5. The number of nitro benzene ring substituents is 1. The molecule has 0 saturated heterocycles. The standard InChI is InChI=1S/2C13H13As.C9H7NO2.4F3P.2Rh/c2*1-14(12-8-4-2-5-9-12)13-10-6-3-7-11-13;1-2-3-8-4-6-9(7-5-8)10(11)12;4*1-4(2)3;;/h2*2-11H,1H3;4-7H,1H3;;;;;;. The van der Waals surface area contributed by atoms with Crippen LogP contribution in [0.3, 0.4) is 0 Å². The molecule has 322 valence electrons. The fourth-order valence-corrected chi connectivity index (χ4v) is 10.2. The zero-order chi connectivity index (χ0) is 42.9. The van der Waals surface area contributed by atoms with E-state index in [9.17, 15) is 60.5 Å². The van der Waals surface area contributed by atoms with Crippen LogP contribution in [0.2, 0.25) is 11.4 Å². The van der Waals surface area contributed by atoms with Gasteiger partial charge in [-0.2, -0.15) is 50.4 Å². The van der Waals surface area contributed by atoms with Crippen molar-refractivity contribution in [1.29, 1.82) is 0 Å². The van der Waals surface area contributed by atoms with Crippen molar-refractivity contribution in [3.05, 3.63) is 161 Å². The summed E-state index contributed by atoms with van der Waals surface area (Å²) in [6, 6.07) is 49.4. The number of halogens is 12. The van der Waals surface area contributed by atoms with E-state index in [1.165, 1.54) is 29.5 Å². The van der Waals surface area contributed by atoms with Crippen LogP contribution in [-0.2, 0) is 39.0 Å². The van der Waals surface area contributed by atoms with Crippen LogP contribution in [0.15, 0.2) is 146 Å². The minimum Gasteiger partial charge on any atom is -0.152 e. The van der Waals surface area contributed by atoms with Crippen LogP contribution in [-0.4, -0.2) is 34.2 Å². The Morgan fingerprint density at radius 3 is 0.828 bits per heavy atom. The van der Waals surface area contributed by atoms with Gasteiger partial charge in [-0.3, -0.25) is 10.1 Å². The molecule has 5 aromatic rings. The van der Waals surface area contributed by atoms with Gasteiger partial charge in [-0.1, -0.05) is 5.92 Å². The van der Waals surface area contributed by atoms with Gasteiger partial charge in [-0.15, -0.1) is 5.92 Å². The smallest absolute Gasteiger partial charge is 0.152 e. The quantitative estimate of drug-likeness (QED) is 0.0440. The number of benzene rings is 5. The van der Waals surface area contributed by atoms with Gasteiger partial charge in [0.1, 0.15) is 0 Å². The molecule has 0 atom stereocenters. The van der Waals surface area contributed by atoms with Crippen molar-refractivity contribution in [1.82, 2.24) is 0 Å². The first-order valence-corrected chi connectivity index (χ1v) is 26.4. The second-order valence-electron chi connectivity index (χ2n) is 9.41. The molecule has 0 spiro atoms. The Balaban J connectivity index is -0.000000315. The van der Waals surface area contributed by atoms with Crippen molar-refractivity contribution < 1.29 is 94.2 Å². The topological polar surface area (TPSA) is 43.1 Å². The van der Waals surface area contributed by atoms with Crippen molar-refractivity contribution in [3.63, 3.8) is 0 Å². The normalized spacial score (nSPS) is 9.26. The molecule has 23 heteroatoms. The fraction of sp³-hybridized carbons (Fsp3) is 0.0857. The zero-order valence-corrected chi connectivity index (χ0v) is 40.6. The summed E-state index contributed by atoms with van der Waals surface area (Å²) in [4.78, 5) is 9.81. The Morgan fingerprint density at radius 2 is 0.655 bits per heavy atom. The molecule has 0 saturated carbocycles. The molecule has 0 aliphatic heterocycles.